The molecule has 2 atom stereocenters. The van der Waals surface area contributed by atoms with Crippen molar-refractivity contribution in [3.05, 3.63) is 24.3 Å². The van der Waals surface area contributed by atoms with E-state index in [4.69, 9.17) is 9.47 Å². The molecule has 1 unspecified atom stereocenters. The normalized spacial score (nSPS) is 28.1. The third kappa shape index (κ3) is 2.54. The number of fused-ring (bicyclic) bond motifs is 2. The van der Waals surface area contributed by atoms with Gasteiger partial charge in [0.1, 0.15) is 6.61 Å². The number of amides is 1. The van der Waals surface area contributed by atoms with Crippen molar-refractivity contribution in [2.24, 2.45) is 0 Å². The molecule has 1 aromatic rings. The third-order valence-corrected chi connectivity index (χ3v) is 4.90. The highest BCUT2D eigenvalue weighted by atomic mass is 16.6. The second kappa shape index (κ2) is 5.80. The second-order valence-corrected chi connectivity index (χ2v) is 6.33. The summed E-state index contributed by atoms with van der Waals surface area (Å²) in [6.45, 7) is 4.26. The van der Waals surface area contributed by atoms with E-state index in [2.05, 4.69) is 4.90 Å². The van der Waals surface area contributed by atoms with Gasteiger partial charge in [-0.15, -0.1) is 0 Å². The first-order chi connectivity index (χ1) is 10.8. The molecule has 0 saturated carbocycles. The molecule has 1 aromatic carbocycles. The number of hydrogen-bond acceptors (Lipinski definition) is 4. The predicted octanol–water partition coefficient (Wildman–Crippen LogP) is 1.52. The van der Waals surface area contributed by atoms with Crippen molar-refractivity contribution in [3.63, 3.8) is 0 Å². The fraction of sp³-hybridized carbons (Fsp3) is 0.588. The van der Waals surface area contributed by atoms with E-state index in [0.717, 1.165) is 31.8 Å². The summed E-state index contributed by atoms with van der Waals surface area (Å²) in [5.74, 6) is 1.47. The summed E-state index contributed by atoms with van der Waals surface area (Å²) in [7, 11) is 0. The van der Waals surface area contributed by atoms with Gasteiger partial charge in [0.25, 0.3) is 5.91 Å². The smallest absolute Gasteiger partial charge is 0.267 e. The zero-order valence-electron chi connectivity index (χ0n) is 12.7. The minimum atomic E-state index is -0.511. The molecule has 5 heteroatoms. The van der Waals surface area contributed by atoms with Gasteiger partial charge >= 0.3 is 0 Å². The first-order valence-electron chi connectivity index (χ1n) is 8.22. The topological polar surface area (TPSA) is 42.0 Å². The molecule has 0 aromatic heterocycles. The minimum absolute atomic E-state index is 0.0725. The maximum absolute atomic E-state index is 12.8. The Morgan fingerprint density at radius 2 is 1.91 bits per heavy atom. The van der Waals surface area contributed by atoms with Gasteiger partial charge < -0.3 is 14.4 Å². The molecule has 0 bridgehead atoms. The lowest BCUT2D eigenvalue weighted by Gasteiger charge is -2.31. The summed E-state index contributed by atoms with van der Waals surface area (Å²) in [6.07, 6.45) is 2.99. The molecule has 118 valence electrons. The Kier molecular flexibility index (Phi) is 3.66. The van der Waals surface area contributed by atoms with Crippen LogP contribution in [0.5, 0.6) is 11.5 Å². The summed E-state index contributed by atoms with van der Waals surface area (Å²) in [5, 5.41) is 0. The monoisotopic (exact) mass is 302 g/mol. The highest BCUT2D eigenvalue weighted by Gasteiger charge is 2.35. The van der Waals surface area contributed by atoms with Crippen LogP contribution in [0, 0.1) is 0 Å². The predicted molar refractivity (Wildman–Crippen MR) is 82.1 cm³/mol. The Balaban J connectivity index is 1.45. The van der Waals surface area contributed by atoms with Crippen LogP contribution >= 0.6 is 0 Å². The third-order valence-electron chi connectivity index (χ3n) is 4.90. The summed E-state index contributed by atoms with van der Waals surface area (Å²) in [6, 6.07) is 8.07. The van der Waals surface area contributed by atoms with Crippen molar-refractivity contribution in [1.82, 2.24) is 9.80 Å². The highest BCUT2D eigenvalue weighted by molar-refractivity contribution is 5.82. The van der Waals surface area contributed by atoms with Gasteiger partial charge in [0, 0.05) is 25.7 Å². The van der Waals surface area contributed by atoms with Crippen LogP contribution in [0.15, 0.2) is 24.3 Å². The molecule has 2 saturated heterocycles. The van der Waals surface area contributed by atoms with Crippen LogP contribution in [0.1, 0.15) is 19.3 Å². The molecule has 2 fully saturated rings. The van der Waals surface area contributed by atoms with E-state index in [1.807, 2.05) is 29.2 Å². The molecule has 3 aliphatic rings. The van der Waals surface area contributed by atoms with Crippen LogP contribution in [-0.2, 0) is 4.79 Å². The number of hydrogen-bond donors (Lipinski definition) is 0. The van der Waals surface area contributed by atoms with Crippen LogP contribution in [0.2, 0.25) is 0 Å². The fourth-order valence-corrected chi connectivity index (χ4v) is 3.75. The number of para-hydroxylation sites is 2. The van der Waals surface area contributed by atoms with Crippen molar-refractivity contribution >= 4 is 5.91 Å². The Labute approximate surface area is 130 Å². The standard InChI is InChI=1S/C17H22N2O3/c20-17(16-12-21-14-6-1-2-7-15(14)22-16)19-10-4-9-18-8-3-5-13(18)11-19/h1-2,6-7,13,16H,3-5,8-12H2/t13-,16?/m0/s1. The van der Waals surface area contributed by atoms with Gasteiger partial charge in [-0.1, -0.05) is 12.1 Å². The SMILES string of the molecule is O=C(C1COc2ccccc2O1)N1CCCN2CCC[C@H]2C1. The van der Waals surface area contributed by atoms with E-state index in [1.165, 1.54) is 19.4 Å². The average molecular weight is 302 g/mol. The molecule has 0 N–H and O–H groups in total. The van der Waals surface area contributed by atoms with Gasteiger partial charge in [0.2, 0.25) is 6.10 Å². The van der Waals surface area contributed by atoms with Gasteiger partial charge in [0.15, 0.2) is 11.5 Å². The Morgan fingerprint density at radius 3 is 2.82 bits per heavy atom. The summed E-state index contributed by atoms with van der Waals surface area (Å²) in [4.78, 5) is 17.3. The van der Waals surface area contributed by atoms with E-state index in [1.54, 1.807) is 0 Å². The summed E-state index contributed by atoms with van der Waals surface area (Å²) in [5.41, 5.74) is 0. The molecule has 3 aliphatic heterocycles. The first-order valence-corrected chi connectivity index (χ1v) is 8.22. The van der Waals surface area contributed by atoms with Crippen LogP contribution in [0.25, 0.3) is 0 Å². The molecule has 5 nitrogen and oxygen atoms in total. The summed E-state index contributed by atoms with van der Waals surface area (Å²) >= 11 is 0. The Morgan fingerprint density at radius 1 is 1.09 bits per heavy atom. The van der Waals surface area contributed by atoms with E-state index < -0.39 is 6.10 Å². The number of nitrogens with zero attached hydrogens (tertiary/aromatic N) is 2. The quantitative estimate of drug-likeness (QED) is 0.789. The number of ether oxygens (including phenoxy) is 2. The highest BCUT2D eigenvalue weighted by Crippen LogP contribution is 2.31. The van der Waals surface area contributed by atoms with Crippen molar-refractivity contribution < 1.29 is 14.3 Å². The zero-order chi connectivity index (χ0) is 14.9. The van der Waals surface area contributed by atoms with E-state index >= 15 is 0 Å². The van der Waals surface area contributed by atoms with Gasteiger partial charge in [-0.05, 0) is 37.9 Å². The zero-order valence-corrected chi connectivity index (χ0v) is 12.7. The largest absolute Gasteiger partial charge is 0.485 e. The molecule has 0 aliphatic carbocycles. The number of rotatable bonds is 1. The number of carbonyl (C=O) groups excluding carboxylic acids is 1. The van der Waals surface area contributed by atoms with Crippen molar-refractivity contribution in [2.45, 2.75) is 31.4 Å². The molecule has 0 radical (unpaired) electrons. The lowest BCUT2D eigenvalue weighted by molar-refractivity contribution is -0.141. The van der Waals surface area contributed by atoms with E-state index in [-0.39, 0.29) is 5.91 Å². The van der Waals surface area contributed by atoms with Crippen LogP contribution < -0.4 is 9.47 Å². The van der Waals surface area contributed by atoms with Crippen LogP contribution in [-0.4, -0.2) is 60.6 Å². The maximum atomic E-state index is 12.8. The van der Waals surface area contributed by atoms with E-state index in [9.17, 15) is 4.79 Å². The van der Waals surface area contributed by atoms with Gasteiger partial charge in [-0.25, -0.2) is 0 Å². The van der Waals surface area contributed by atoms with Gasteiger partial charge in [-0.3, -0.25) is 9.69 Å². The molecule has 3 heterocycles. The fourth-order valence-electron chi connectivity index (χ4n) is 3.75. The number of carbonyl (C=O) groups is 1. The van der Waals surface area contributed by atoms with Crippen molar-refractivity contribution in [2.75, 3.05) is 32.8 Å². The summed E-state index contributed by atoms with van der Waals surface area (Å²) < 4.78 is 11.6. The van der Waals surface area contributed by atoms with Gasteiger partial charge in [-0.2, -0.15) is 0 Å². The Bertz CT molecular complexity index is 563. The number of benzene rings is 1. The maximum Gasteiger partial charge on any atom is 0.267 e. The molecule has 0 spiro atoms. The lowest BCUT2D eigenvalue weighted by Crippen LogP contribution is -2.49. The van der Waals surface area contributed by atoms with Crippen LogP contribution in [0.3, 0.4) is 0 Å². The molecular weight excluding hydrogens is 280 g/mol. The lowest BCUT2D eigenvalue weighted by atomic mass is 10.2. The van der Waals surface area contributed by atoms with Crippen molar-refractivity contribution in [3.8, 4) is 11.5 Å². The molecule has 22 heavy (non-hydrogen) atoms. The average Bonchev–Trinajstić information content (AvgIpc) is 2.90. The van der Waals surface area contributed by atoms with Crippen LogP contribution in [0.4, 0.5) is 0 Å². The molecule has 4 rings (SSSR count). The Hall–Kier alpha value is -1.75. The first kappa shape index (κ1) is 13.9. The van der Waals surface area contributed by atoms with E-state index in [0.29, 0.717) is 18.4 Å². The molecular formula is C17H22N2O3. The minimum Gasteiger partial charge on any atom is -0.485 e. The molecule has 1 amide bonds. The van der Waals surface area contributed by atoms with Crippen molar-refractivity contribution in [1.29, 1.82) is 0 Å². The van der Waals surface area contributed by atoms with Gasteiger partial charge in [0.05, 0.1) is 0 Å². The second-order valence-electron chi connectivity index (χ2n) is 6.33.